The van der Waals surface area contributed by atoms with Crippen molar-refractivity contribution in [1.82, 2.24) is 15.5 Å². The Balaban J connectivity index is 1.48. The molecule has 6 nitrogen and oxygen atoms in total. The van der Waals surface area contributed by atoms with Crippen LogP contribution in [-0.4, -0.2) is 29.3 Å². The topological polar surface area (TPSA) is 78.5 Å². The lowest BCUT2D eigenvalue weighted by molar-refractivity contribution is -0.135. The van der Waals surface area contributed by atoms with E-state index >= 15 is 0 Å². The van der Waals surface area contributed by atoms with Crippen molar-refractivity contribution in [2.75, 3.05) is 6.54 Å². The minimum absolute atomic E-state index is 0.208. The summed E-state index contributed by atoms with van der Waals surface area (Å²) in [4.78, 5) is 39.0. The molecule has 0 saturated carbocycles. The van der Waals surface area contributed by atoms with Gasteiger partial charge in [0.25, 0.3) is 5.91 Å². The van der Waals surface area contributed by atoms with E-state index in [1.165, 1.54) is 0 Å². The van der Waals surface area contributed by atoms with Gasteiger partial charge in [-0.15, -0.1) is 0 Å². The summed E-state index contributed by atoms with van der Waals surface area (Å²) in [7, 11) is 0. The molecule has 0 aromatic heterocycles. The van der Waals surface area contributed by atoms with Crippen LogP contribution >= 0.6 is 0 Å². The third-order valence-corrected chi connectivity index (χ3v) is 5.40. The minimum Gasteiger partial charge on any atom is -0.348 e. The Morgan fingerprint density at radius 1 is 1.15 bits per heavy atom. The van der Waals surface area contributed by atoms with Crippen LogP contribution in [0.4, 0.5) is 4.79 Å². The van der Waals surface area contributed by atoms with Crippen molar-refractivity contribution >= 4 is 17.8 Å². The summed E-state index contributed by atoms with van der Waals surface area (Å²) in [5.41, 5.74) is 1.84. The van der Waals surface area contributed by atoms with Gasteiger partial charge in [0.05, 0.1) is 6.04 Å². The van der Waals surface area contributed by atoms with E-state index in [9.17, 15) is 14.4 Å². The third kappa shape index (κ3) is 2.87. The number of carbonyl (C=O) groups excluding carboxylic acids is 3. The highest BCUT2D eigenvalue weighted by Gasteiger charge is 2.55. The maximum absolute atomic E-state index is 13.1. The van der Waals surface area contributed by atoms with Gasteiger partial charge in [-0.2, -0.15) is 0 Å². The number of carbonyl (C=O) groups is 3. The second-order valence-electron chi connectivity index (χ2n) is 7.08. The number of imide groups is 1. The van der Waals surface area contributed by atoms with Gasteiger partial charge in [-0.25, -0.2) is 4.79 Å². The number of urea groups is 1. The number of benzene rings is 2. The monoisotopic (exact) mass is 363 g/mol. The zero-order valence-corrected chi connectivity index (χ0v) is 15.1. The fourth-order valence-electron chi connectivity index (χ4n) is 3.99. The quantitative estimate of drug-likeness (QED) is 0.818. The molecule has 1 heterocycles. The van der Waals surface area contributed by atoms with Gasteiger partial charge in [0.15, 0.2) is 0 Å². The maximum Gasteiger partial charge on any atom is 0.325 e. The second kappa shape index (κ2) is 6.54. The summed E-state index contributed by atoms with van der Waals surface area (Å²) < 4.78 is 0. The first-order valence-corrected chi connectivity index (χ1v) is 9.08. The predicted octanol–water partition coefficient (Wildman–Crippen LogP) is 2.26. The fourth-order valence-corrected chi connectivity index (χ4v) is 3.99. The number of aryl methyl sites for hydroxylation is 1. The first-order valence-electron chi connectivity index (χ1n) is 9.08. The van der Waals surface area contributed by atoms with Gasteiger partial charge in [0.2, 0.25) is 5.91 Å². The van der Waals surface area contributed by atoms with Gasteiger partial charge in [-0.05, 0) is 36.5 Å². The van der Waals surface area contributed by atoms with E-state index in [2.05, 4.69) is 10.6 Å². The molecule has 2 atom stereocenters. The van der Waals surface area contributed by atoms with Gasteiger partial charge >= 0.3 is 6.03 Å². The molecule has 27 heavy (non-hydrogen) atoms. The van der Waals surface area contributed by atoms with Crippen LogP contribution in [0.1, 0.15) is 36.1 Å². The Bertz CT molecular complexity index is 912. The van der Waals surface area contributed by atoms with Gasteiger partial charge in [-0.1, -0.05) is 54.6 Å². The minimum atomic E-state index is -1.03. The van der Waals surface area contributed by atoms with Crippen molar-refractivity contribution in [3.05, 3.63) is 71.3 Å². The Kier molecular flexibility index (Phi) is 4.18. The molecule has 6 heteroatoms. The number of hydrogen-bond acceptors (Lipinski definition) is 3. The smallest absolute Gasteiger partial charge is 0.325 e. The number of amides is 4. The fraction of sp³-hybridized carbons (Fsp3) is 0.286. The molecular formula is C21H21N3O3. The van der Waals surface area contributed by atoms with E-state index in [-0.39, 0.29) is 24.4 Å². The van der Waals surface area contributed by atoms with Crippen LogP contribution in [0.5, 0.6) is 0 Å². The normalized spacial score (nSPS) is 21.9. The zero-order chi connectivity index (χ0) is 19.0. The summed E-state index contributed by atoms with van der Waals surface area (Å²) in [5.74, 6) is -0.710. The van der Waals surface area contributed by atoms with Crippen LogP contribution in [0.15, 0.2) is 54.6 Å². The number of nitrogens with one attached hydrogen (secondary N) is 2. The van der Waals surface area contributed by atoms with Crippen molar-refractivity contribution in [2.45, 2.75) is 31.3 Å². The molecule has 1 saturated heterocycles. The molecule has 1 spiro atoms. The van der Waals surface area contributed by atoms with Gasteiger partial charge in [0, 0.05) is 0 Å². The molecule has 2 aliphatic rings. The molecule has 4 amide bonds. The van der Waals surface area contributed by atoms with Gasteiger partial charge in [-0.3, -0.25) is 14.5 Å². The van der Waals surface area contributed by atoms with E-state index in [0.717, 1.165) is 28.0 Å². The van der Waals surface area contributed by atoms with Crippen molar-refractivity contribution in [3.8, 4) is 0 Å². The van der Waals surface area contributed by atoms with Crippen molar-refractivity contribution < 1.29 is 14.4 Å². The van der Waals surface area contributed by atoms with Crippen LogP contribution in [0.3, 0.4) is 0 Å². The van der Waals surface area contributed by atoms with Gasteiger partial charge in [0.1, 0.15) is 12.1 Å². The van der Waals surface area contributed by atoms with Crippen molar-refractivity contribution in [2.24, 2.45) is 0 Å². The summed E-state index contributed by atoms with van der Waals surface area (Å²) in [6.07, 6.45) is 1.25. The van der Waals surface area contributed by atoms with Crippen LogP contribution in [0.25, 0.3) is 0 Å². The molecular weight excluding hydrogens is 342 g/mol. The van der Waals surface area contributed by atoms with Crippen LogP contribution < -0.4 is 10.6 Å². The van der Waals surface area contributed by atoms with E-state index in [0.29, 0.717) is 6.42 Å². The lowest BCUT2D eigenvalue weighted by Crippen LogP contribution is -2.44. The molecule has 2 aromatic carbocycles. The number of fused-ring (bicyclic) bond motifs is 2. The van der Waals surface area contributed by atoms with E-state index in [1.807, 2.05) is 61.5 Å². The average molecular weight is 363 g/mol. The first-order chi connectivity index (χ1) is 13.0. The molecule has 1 aliphatic heterocycles. The first kappa shape index (κ1) is 17.3. The molecule has 2 aromatic rings. The largest absolute Gasteiger partial charge is 0.348 e. The molecule has 2 N–H and O–H groups in total. The average Bonchev–Trinajstić information content (AvgIpc) is 3.16. The molecule has 138 valence electrons. The van der Waals surface area contributed by atoms with E-state index in [1.54, 1.807) is 0 Å². The molecule has 0 unspecified atom stereocenters. The van der Waals surface area contributed by atoms with E-state index < -0.39 is 11.6 Å². The molecule has 0 radical (unpaired) electrons. The predicted molar refractivity (Wildman–Crippen MR) is 99.7 cm³/mol. The third-order valence-electron chi connectivity index (χ3n) is 5.40. The Labute approximate surface area is 157 Å². The summed E-state index contributed by atoms with van der Waals surface area (Å²) in [6, 6.07) is 16.5. The Morgan fingerprint density at radius 3 is 2.63 bits per heavy atom. The summed E-state index contributed by atoms with van der Waals surface area (Å²) in [5, 5.41) is 5.68. The molecule has 1 aliphatic carbocycles. The number of hydrogen-bond donors (Lipinski definition) is 2. The number of nitrogens with zero attached hydrogens (tertiary/aromatic N) is 1. The highest BCUT2D eigenvalue weighted by Crippen LogP contribution is 2.41. The summed E-state index contributed by atoms with van der Waals surface area (Å²) in [6.45, 7) is 1.58. The van der Waals surface area contributed by atoms with Crippen LogP contribution in [0, 0.1) is 0 Å². The zero-order valence-electron chi connectivity index (χ0n) is 15.1. The molecule has 1 fully saturated rings. The SMILES string of the molecule is C[C@H](NC(=O)CN1C(=O)N[C@]2(CCc3ccccc32)C1=O)c1ccccc1. The van der Waals surface area contributed by atoms with Crippen LogP contribution in [0.2, 0.25) is 0 Å². The maximum atomic E-state index is 13.1. The second-order valence-corrected chi connectivity index (χ2v) is 7.08. The highest BCUT2D eigenvalue weighted by atomic mass is 16.2. The van der Waals surface area contributed by atoms with Crippen molar-refractivity contribution in [3.63, 3.8) is 0 Å². The molecule has 0 bridgehead atoms. The standard InChI is InChI=1S/C21H21N3O3/c1-14(15-7-3-2-4-8-15)22-18(25)13-24-19(26)21(23-20(24)27)12-11-16-9-5-6-10-17(16)21/h2-10,14H,11-13H2,1H3,(H,22,25)(H,23,27)/t14-,21-/m0/s1. The highest BCUT2D eigenvalue weighted by molar-refractivity contribution is 6.09. The molecule has 4 rings (SSSR count). The lowest BCUT2D eigenvalue weighted by atomic mass is 9.92. The Morgan fingerprint density at radius 2 is 1.85 bits per heavy atom. The Hall–Kier alpha value is -3.15. The van der Waals surface area contributed by atoms with Crippen molar-refractivity contribution in [1.29, 1.82) is 0 Å². The number of rotatable bonds is 4. The summed E-state index contributed by atoms with van der Waals surface area (Å²) >= 11 is 0. The van der Waals surface area contributed by atoms with Gasteiger partial charge < -0.3 is 10.6 Å². The van der Waals surface area contributed by atoms with E-state index in [4.69, 9.17) is 0 Å². The van der Waals surface area contributed by atoms with Crippen LogP contribution in [-0.2, 0) is 21.5 Å². The lowest BCUT2D eigenvalue weighted by Gasteiger charge is -2.22.